The van der Waals surface area contributed by atoms with Crippen LogP contribution in [0.5, 0.6) is 0 Å². The van der Waals surface area contributed by atoms with E-state index in [1.807, 2.05) is 0 Å². The smallest absolute Gasteiger partial charge is 0.0869 e. The van der Waals surface area contributed by atoms with Gasteiger partial charge in [0.25, 0.3) is 0 Å². The van der Waals surface area contributed by atoms with Crippen LogP contribution in [0.2, 0.25) is 0 Å². The first-order valence-corrected chi connectivity index (χ1v) is 7.66. The van der Waals surface area contributed by atoms with E-state index in [-0.39, 0.29) is 0 Å². The molecule has 0 saturated heterocycles. The number of fused-ring (bicyclic) bond motifs is 1. The van der Waals surface area contributed by atoms with Crippen molar-refractivity contribution in [1.29, 1.82) is 0 Å². The highest BCUT2D eigenvalue weighted by Crippen LogP contribution is 2.28. The van der Waals surface area contributed by atoms with Crippen molar-refractivity contribution in [2.24, 2.45) is 0 Å². The highest BCUT2D eigenvalue weighted by atomic mass is 17.2. The van der Waals surface area contributed by atoms with Crippen molar-refractivity contribution in [3.63, 3.8) is 0 Å². The van der Waals surface area contributed by atoms with Crippen LogP contribution in [0.1, 0.15) is 37.9 Å². The fourth-order valence-electron chi connectivity index (χ4n) is 2.68. The second-order valence-electron chi connectivity index (χ2n) is 5.63. The van der Waals surface area contributed by atoms with Gasteiger partial charge in [0.15, 0.2) is 0 Å². The Morgan fingerprint density at radius 3 is 2.95 bits per heavy atom. The average Bonchev–Trinajstić information content (AvgIpc) is 3.23. The maximum atomic E-state index is 4.93. The molecule has 0 bridgehead atoms. The number of hydrogen-bond acceptors (Lipinski definition) is 4. The minimum Gasteiger partial charge on any atom is -0.306 e. The summed E-state index contributed by atoms with van der Waals surface area (Å²) in [4.78, 5) is 9.55. The molecule has 5 heteroatoms. The Morgan fingerprint density at radius 2 is 2.19 bits per heavy atom. The summed E-state index contributed by atoms with van der Waals surface area (Å²) in [5.74, 6) is 0. The highest BCUT2D eigenvalue weighted by molar-refractivity contribution is 5.82. The lowest BCUT2D eigenvalue weighted by Gasteiger charge is -2.10. The van der Waals surface area contributed by atoms with Crippen molar-refractivity contribution < 1.29 is 9.78 Å². The summed E-state index contributed by atoms with van der Waals surface area (Å²) in [6.45, 7) is 3.61. The molecule has 3 rings (SSSR count). The van der Waals surface area contributed by atoms with Crippen LogP contribution >= 0.6 is 0 Å². The van der Waals surface area contributed by atoms with Crippen molar-refractivity contribution >= 4 is 10.9 Å². The Balaban J connectivity index is 1.79. The summed E-state index contributed by atoms with van der Waals surface area (Å²) >= 11 is 0. The van der Waals surface area contributed by atoms with E-state index in [1.165, 1.54) is 30.9 Å². The van der Waals surface area contributed by atoms with E-state index in [1.54, 1.807) is 0 Å². The summed E-state index contributed by atoms with van der Waals surface area (Å²) in [7, 11) is 1.53. The number of rotatable bonds is 8. The monoisotopic (exact) mass is 289 g/mol. The van der Waals surface area contributed by atoms with Gasteiger partial charge in [-0.15, -0.1) is 0 Å². The van der Waals surface area contributed by atoms with Crippen LogP contribution in [-0.2, 0) is 16.3 Å². The second-order valence-corrected chi connectivity index (χ2v) is 5.63. The Morgan fingerprint density at radius 1 is 1.38 bits per heavy atom. The van der Waals surface area contributed by atoms with Gasteiger partial charge in [0, 0.05) is 24.0 Å². The van der Waals surface area contributed by atoms with Gasteiger partial charge in [-0.05, 0) is 32.3 Å². The molecule has 1 aliphatic rings. The van der Waals surface area contributed by atoms with Crippen molar-refractivity contribution in [3.8, 4) is 0 Å². The van der Waals surface area contributed by atoms with Gasteiger partial charge in [-0.25, -0.2) is 9.78 Å². The molecular formula is C16H23N3O2. The van der Waals surface area contributed by atoms with Gasteiger partial charge in [0.2, 0.25) is 0 Å². The number of benzene rings is 1. The summed E-state index contributed by atoms with van der Waals surface area (Å²) < 4.78 is 2.08. The molecule has 0 radical (unpaired) electrons. The van der Waals surface area contributed by atoms with Crippen LogP contribution in [0.3, 0.4) is 0 Å². The summed E-state index contributed by atoms with van der Waals surface area (Å²) in [6, 6.07) is 9.40. The predicted octanol–water partition coefficient (Wildman–Crippen LogP) is 2.82. The Kier molecular flexibility index (Phi) is 4.53. The van der Waals surface area contributed by atoms with E-state index in [4.69, 9.17) is 9.99 Å². The van der Waals surface area contributed by atoms with Gasteiger partial charge in [-0.3, -0.25) is 4.68 Å². The van der Waals surface area contributed by atoms with Gasteiger partial charge in [-0.1, -0.05) is 18.2 Å². The molecule has 1 aromatic carbocycles. The molecule has 1 aliphatic carbocycles. The molecule has 2 aromatic rings. The molecule has 1 unspecified atom stereocenters. The normalized spacial score (nSPS) is 16.5. The third kappa shape index (κ3) is 3.43. The van der Waals surface area contributed by atoms with E-state index in [2.05, 4.69) is 46.1 Å². The molecular weight excluding hydrogens is 266 g/mol. The lowest BCUT2D eigenvalue weighted by atomic mass is 10.1. The third-order valence-electron chi connectivity index (χ3n) is 3.88. The summed E-state index contributed by atoms with van der Waals surface area (Å²) in [5, 5.41) is 9.70. The number of aromatic nitrogens is 2. The van der Waals surface area contributed by atoms with Gasteiger partial charge >= 0.3 is 0 Å². The van der Waals surface area contributed by atoms with E-state index < -0.39 is 0 Å². The first kappa shape index (κ1) is 14.5. The zero-order chi connectivity index (χ0) is 14.7. The van der Waals surface area contributed by atoms with Crippen molar-refractivity contribution in [2.75, 3.05) is 13.7 Å². The summed E-state index contributed by atoms with van der Waals surface area (Å²) in [5.41, 5.74) is 2.33. The molecule has 1 saturated carbocycles. The molecule has 5 nitrogen and oxygen atoms in total. The number of aryl methyl sites for hydroxylation is 1. The average molecular weight is 289 g/mol. The minimum absolute atomic E-state index is 0.291. The summed E-state index contributed by atoms with van der Waals surface area (Å²) in [6.07, 6.45) is 3.46. The zero-order valence-corrected chi connectivity index (χ0v) is 12.7. The van der Waals surface area contributed by atoms with Gasteiger partial charge in [0.05, 0.1) is 24.9 Å². The molecule has 114 valence electrons. The van der Waals surface area contributed by atoms with Crippen LogP contribution in [0.4, 0.5) is 0 Å². The van der Waals surface area contributed by atoms with Crippen LogP contribution in [0, 0.1) is 0 Å². The predicted molar refractivity (Wildman–Crippen MR) is 81.9 cm³/mol. The number of nitrogens with zero attached hydrogens (tertiary/aromatic N) is 2. The maximum absolute atomic E-state index is 4.93. The van der Waals surface area contributed by atoms with Crippen molar-refractivity contribution in [2.45, 2.75) is 44.8 Å². The number of hydrogen-bond donors (Lipinski definition) is 1. The quantitative estimate of drug-likeness (QED) is 0.461. The van der Waals surface area contributed by atoms with E-state index in [0.717, 1.165) is 18.7 Å². The Hall–Kier alpha value is -1.43. The third-order valence-corrected chi connectivity index (χ3v) is 3.88. The molecule has 0 aliphatic heterocycles. The largest absolute Gasteiger partial charge is 0.306 e. The van der Waals surface area contributed by atoms with Crippen LogP contribution < -0.4 is 5.32 Å². The first-order chi connectivity index (χ1) is 10.3. The van der Waals surface area contributed by atoms with Crippen molar-refractivity contribution in [1.82, 2.24) is 15.1 Å². The second kappa shape index (κ2) is 6.56. The van der Waals surface area contributed by atoms with E-state index >= 15 is 0 Å². The zero-order valence-electron chi connectivity index (χ0n) is 12.7. The minimum atomic E-state index is 0.291. The molecule has 1 heterocycles. The topological polar surface area (TPSA) is 48.3 Å². The fraction of sp³-hybridized carbons (Fsp3) is 0.562. The SMILES string of the molecule is COOCCCn1nc(C(C)NC2CC2)c2ccccc21. The van der Waals surface area contributed by atoms with Crippen LogP contribution in [-0.4, -0.2) is 29.5 Å². The first-order valence-electron chi connectivity index (χ1n) is 7.66. The van der Waals surface area contributed by atoms with Crippen LogP contribution in [0.15, 0.2) is 24.3 Å². The van der Waals surface area contributed by atoms with E-state index in [9.17, 15) is 0 Å². The molecule has 21 heavy (non-hydrogen) atoms. The highest BCUT2D eigenvalue weighted by Gasteiger charge is 2.25. The van der Waals surface area contributed by atoms with E-state index in [0.29, 0.717) is 18.7 Å². The molecule has 1 fully saturated rings. The van der Waals surface area contributed by atoms with Gasteiger partial charge in [-0.2, -0.15) is 5.10 Å². The van der Waals surface area contributed by atoms with Gasteiger partial charge < -0.3 is 5.32 Å². The lowest BCUT2D eigenvalue weighted by molar-refractivity contribution is -0.272. The molecule has 0 amide bonds. The molecule has 1 aromatic heterocycles. The maximum Gasteiger partial charge on any atom is 0.0869 e. The Labute approximate surface area is 125 Å². The lowest BCUT2D eigenvalue weighted by Crippen LogP contribution is -2.21. The van der Waals surface area contributed by atoms with Gasteiger partial charge in [0.1, 0.15) is 0 Å². The Bertz CT molecular complexity index is 592. The fourth-order valence-corrected chi connectivity index (χ4v) is 2.68. The molecule has 1 atom stereocenters. The molecule has 0 spiro atoms. The van der Waals surface area contributed by atoms with Crippen LogP contribution in [0.25, 0.3) is 10.9 Å². The number of para-hydroxylation sites is 1. The molecule has 1 N–H and O–H groups in total. The van der Waals surface area contributed by atoms with Crippen molar-refractivity contribution in [3.05, 3.63) is 30.0 Å². The standard InChI is InChI=1S/C16H23N3O2/c1-12(17-13-8-9-13)16-14-6-3-4-7-15(14)19(18-16)10-5-11-21-20-2/h3-4,6-7,12-13,17H,5,8-11H2,1-2H3. The number of nitrogens with one attached hydrogen (secondary N) is 1.